The number of fused-ring (bicyclic) bond motifs is 1. The summed E-state index contributed by atoms with van der Waals surface area (Å²) in [7, 11) is 2.57. The monoisotopic (exact) mass is 305 g/mol. The molecule has 0 N–H and O–H groups in total. The van der Waals surface area contributed by atoms with Gasteiger partial charge in [0, 0.05) is 12.1 Å². The summed E-state index contributed by atoms with van der Waals surface area (Å²) in [5.41, 5.74) is 4.76. The number of hydrogen-bond acceptors (Lipinski definition) is 2. The van der Waals surface area contributed by atoms with Gasteiger partial charge in [0.25, 0.3) is 0 Å². The largest absolute Gasteiger partial charge is 0.330 e. The van der Waals surface area contributed by atoms with Gasteiger partial charge in [0.1, 0.15) is 5.57 Å². The van der Waals surface area contributed by atoms with Crippen LogP contribution in [-0.4, -0.2) is 32.6 Å². The van der Waals surface area contributed by atoms with Crippen LogP contribution in [-0.2, 0) is 0 Å². The minimum absolute atomic E-state index is 0.0178. The minimum Gasteiger partial charge on any atom is -0.319 e. The van der Waals surface area contributed by atoms with Crippen LogP contribution < -0.4 is 5.57 Å². The number of hydrogen-bond donors (Lipinski definition) is 0. The summed E-state index contributed by atoms with van der Waals surface area (Å²) in [6.07, 6.45) is 0. The van der Waals surface area contributed by atoms with Gasteiger partial charge in [-0.05, 0) is 64.8 Å². The Morgan fingerprint density at radius 2 is 1.67 bits per heavy atom. The number of benzene rings is 1. The third-order valence-electron chi connectivity index (χ3n) is 3.82. The van der Waals surface area contributed by atoms with Crippen molar-refractivity contribution in [3.05, 3.63) is 23.3 Å². The van der Waals surface area contributed by atoms with Crippen molar-refractivity contribution in [1.82, 2.24) is 14.5 Å². The second-order valence-electron chi connectivity index (χ2n) is 6.11. The third-order valence-corrected chi connectivity index (χ3v) is 4.21. The zero-order chi connectivity index (χ0) is 15.9. The van der Waals surface area contributed by atoms with Gasteiger partial charge in [-0.1, -0.05) is 9.24 Å². The quantitative estimate of drug-likeness (QED) is 0.799. The summed E-state index contributed by atoms with van der Waals surface area (Å²) in [6, 6.07) is 4.35. The average Bonchev–Trinajstić information content (AvgIpc) is 2.64. The maximum absolute atomic E-state index is 13.0. The number of imidazole rings is 1. The van der Waals surface area contributed by atoms with Crippen molar-refractivity contribution in [2.45, 2.75) is 53.6 Å². The molecular weight excluding hydrogens is 281 g/mol. The van der Waals surface area contributed by atoms with Gasteiger partial charge in [0.15, 0.2) is 0 Å². The number of nitrogens with zero attached hydrogens (tertiary/aromatic N) is 3. The molecule has 4 nitrogen and oxygen atoms in total. The highest BCUT2D eigenvalue weighted by Crippen LogP contribution is 2.20. The molecule has 0 saturated heterocycles. The second kappa shape index (κ2) is 5.76. The zero-order valence-corrected chi connectivity index (χ0v) is 14.8. The molecule has 0 radical (unpaired) electrons. The van der Waals surface area contributed by atoms with Crippen LogP contribution in [0.25, 0.3) is 11.0 Å². The standard InChI is InChI=1S/C16H24N3OP/c1-9(2)18(10(3)4)16(20)19-14-8-12(6)11(5)7-13(14)17-15(19)21/h7-10H,21H2,1-6H3. The Kier molecular flexibility index (Phi) is 4.38. The lowest BCUT2D eigenvalue weighted by Gasteiger charge is -2.31. The Labute approximate surface area is 128 Å². The van der Waals surface area contributed by atoms with Crippen molar-refractivity contribution in [1.29, 1.82) is 0 Å². The Morgan fingerprint density at radius 3 is 2.19 bits per heavy atom. The average molecular weight is 305 g/mol. The van der Waals surface area contributed by atoms with E-state index in [4.69, 9.17) is 0 Å². The fourth-order valence-electron chi connectivity index (χ4n) is 2.71. The predicted octanol–water partition coefficient (Wildman–Crippen LogP) is 3.24. The van der Waals surface area contributed by atoms with Gasteiger partial charge in [-0.3, -0.25) is 0 Å². The van der Waals surface area contributed by atoms with Gasteiger partial charge < -0.3 is 4.90 Å². The van der Waals surface area contributed by atoms with E-state index in [-0.39, 0.29) is 18.1 Å². The van der Waals surface area contributed by atoms with E-state index in [1.54, 1.807) is 4.57 Å². The van der Waals surface area contributed by atoms with Crippen LogP contribution in [0.1, 0.15) is 38.8 Å². The molecule has 0 spiro atoms. The molecule has 0 aliphatic rings. The lowest BCUT2D eigenvalue weighted by atomic mass is 10.1. The van der Waals surface area contributed by atoms with E-state index in [1.165, 1.54) is 11.1 Å². The van der Waals surface area contributed by atoms with E-state index in [2.05, 4.69) is 28.1 Å². The highest BCUT2D eigenvalue weighted by atomic mass is 31.0. The lowest BCUT2D eigenvalue weighted by molar-refractivity contribution is 0.168. The smallest absolute Gasteiger partial charge is 0.319 e. The Balaban J connectivity index is 2.63. The highest BCUT2D eigenvalue weighted by molar-refractivity contribution is 7.26. The molecule has 1 atom stereocenters. The molecule has 0 saturated carbocycles. The number of rotatable bonds is 2. The number of amides is 1. The van der Waals surface area contributed by atoms with Crippen molar-refractivity contribution in [2.75, 3.05) is 0 Å². The lowest BCUT2D eigenvalue weighted by Crippen LogP contribution is -2.46. The molecule has 1 heterocycles. The normalized spacial score (nSPS) is 11.7. The molecule has 2 rings (SSSR count). The van der Waals surface area contributed by atoms with E-state index < -0.39 is 0 Å². The molecule has 21 heavy (non-hydrogen) atoms. The Hall–Kier alpha value is -1.41. The molecule has 1 unspecified atom stereocenters. The van der Waals surface area contributed by atoms with Crippen molar-refractivity contribution in [2.24, 2.45) is 0 Å². The summed E-state index contributed by atoms with van der Waals surface area (Å²) in [4.78, 5) is 19.3. The topological polar surface area (TPSA) is 38.1 Å². The van der Waals surface area contributed by atoms with E-state index in [9.17, 15) is 4.79 Å². The van der Waals surface area contributed by atoms with Gasteiger partial charge in [-0.15, -0.1) is 0 Å². The first-order chi connectivity index (χ1) is 9.73. The van der Waals surface area contributed by atoms with Gasteiger partial charge in [0.2, 0.25) is 0 Å². The summed E-state index contributed by atoms with van der Waals surface area (Å²) >= 11 is 0. The molecule has 5 heteroatoms. The molecule has 0 aliphatic heterocycles. The SMILES string of the molecule is Cc1cc2nc(P)n(C(=O)N(C(C)C)C(C)C)c2cc1C. The van der Waals surface area contributed by atoms with Gasteiger partial charge in [0.05, 0.1) is 11.0 Å². The summed E-state index contributed by atoms with van der Waals surface area (Å²) in [5, 5.41) is 0. The van der Waals surface area contributed by atoms with E-state index in [1.807, 2.05) is 44.7 Å². The Morgan fingerprint density at radius 1 is 1.14 bits per heavy atom. The fourth-order valence-corrected chi connectivity index (χ4v) is 3.09. The van der Waals surface area contributed by atoms with E-state index in [0.717, 1.165) is 11.0 Å². The predicted molar refractivity (Wildman–Crippen MR) is 91.5 cm³/mol. The zero-order valence-electron chi connectivity index (χ0n) is 13.6. The maximum Gasteiger partial charge on any atom is 0.330 e. The van der Waals surface area contributed by atoms with Gasteiger partial charge in [-0.25, -0.2) is 14.3 Å². The highest BCUT2D eigenvalue weighted by Gasteiger charge is 2.25. The van der Waals surface area contributed by atoms with Crippen molar-refractivity contribution < 1.29 is 4.79 Å². The molecule has 114 valence electrons. The molecule has 1 aromatic heterocycles. The van der Waals surface area contributed by atoms with Crippen LogP contribution in [0.3, 0.4) is 0 Å². The first kappa shape index (κ1) is 16.0. The Bertz CT molecular complexity index is 680. The first-order valence-electron chi connectivity index (χ1n) is 7.31. The van der Waals surface area contributed by atoms with E-state index in [0.29, 0.717) is 5.57 Å². The number of aryl methyl sites for hydroxylation is 2. The van der Waals surface area contributed by atoms with Crippen LogP contribution in [0.2, 0.25) is 0 Å². The van der Waals surface area contributed by atoms with Crippen LogP contribution in [0, 0.1) is 13.8 Å². The molecule has 1 amide bonds. The van der Waals surface area contributed by atoms with Crippen molar-refractivity contribution in [3.8, 4) is 0 Å². The molecule has 0 fully saturated rings. The van der Waals surface area contributed by atoms with Crippen LogP contribution >= 0.6 is 9.24 Å². The first-order valence-corrected chi connectivity index (χ1v) is 7.89. The number of carbonyl (C=O) groups excluding carboxylic acids is 1. The van der Waals surface area contributed by atoms with Gasteiger partial charge in [-0.2, -0.15) is 0 Å². The summed E-state index contributed by atoms with van der Waals surface area (Å²) < 4.78 is 1.70. The van der Waals surface area contributed by atoms with Crippen LogP contribution in [0.4, 0.5) is 4.79 Å². The third kappa shape index (κ3) is 2.82. The summed E-state index contributed by atoms with van der Waals surface area (Å²) in [5.74, 6) is 0. The van der Waals surface area contributed by atoms with E-state index >= 15 is 0 Å². The van der Waals surface area contributed by atoms with Crippen LogP contribution in [0.15, 0.2) is 12.1 Å². The number of carbonyl (C=O) groups is 1. The molecule has 0 bridgehead atoms. The van der Waals surface area contributed by atoms with Crippen LogP contribution in [0.5, 0.6) is 0 Å². The summed E-state index contributed by atoms with van der Waals surface area (Å²) in [6.45, 7) is 12.3. The molecule has 2 aromatic rings. The number of aromatic nitrogens is 2. The molecular formula is C16H24N3OP. The minimum atomic E-state index is -0.0178. The molecule has 1 aromatic carbocycles. The van der Waals surface area contributed by atoms with Crippen molar-refractivity contribution in [3.63, 3.8) is 0 Å². The second-order valence-corrected chi connectivity index (χ2v) is 6.62. The van der Waals surface area contributed by atoms with Crippen molar-refractivity contribution >= 4 is 31.9 Å². The fraction of sp³-hybridized carbons (Fsp3) is 0.500. The molecule has 0 aliphatic carbocycles. The maximum atomic E-state index is 13.0. The van der Waals surface area contributed by atoms with Gasteiger partial charge >= 0.3 is 6.03 Å².